The molecule has 0 saturated carbocycles. The molecule has 1 atom stereocenters. The van der Waals surface area contributed by atoms with Gasteiger partial charge in [0.25, 0.3) is 0 Å². The largest absolute Gasteiger partial charge is 0.328 e. The predicted molar refractivity (Wildman–Crippen MR) is 33.8 cm³/mol. The van der Waals surface area contributed by atoms with Crippen molar-refractivity contribution in [3.8, 4) is 0 Å². The Balaban J connectivity index is 3.73. The first-order valence-electron chi connectivity index (χ1n) is 3.28. The Morgan fingerprint density at radius 1 is 1.36 bits per heavy atom. The molecule has 0 aromatic carbocycles. The van der Waals surface area contributed by atoms with Crippen molar-refractivity contribution in [3.63, 3.8) is 0 Å². The topological polar surface area (TPSA) is 26.0 Å². The van der Waals surface area contributed by atoms with Gasteiger partial charge in [-0.15, -0.1) is 0 Å². The van der Waals surface area contributed by atoms with E-state index in [1.165, 1.54) is 6.92 Å². The molecule has 0 radical (unpaired) electrons. The molecule has 0 fully saturated rings. The fourth-order valence-corrected chi connectivity index (χ4v) is 0.529. The highest BCUT2D eigenvalue weighted by atomic mass is 19.3. The first-order chi connectivity index (χ1) is 4.86. The summed E-state index contributed by atoms with van der Waals surface area (Å²) in [6.07, 6.45) is -4.51. The molecule has 5 heteroatoms. The number of nitrogens with two attached hydrogens (primary N) is 1. The Bertz CT molecular complexity index is 113. The van der Waals surface area contributed by atoms with E-state index < -0.39 is 24.8 Å². The monoisotopic (exact) mass is 173 g/mol. The summed E-state index contributed by atoms with van der Waals surface area (Å²) in [6, 6.07) is -0.459. The van der Waals surface area contributed by atoms with Crippen LogP contribution in [0.5, 0.6) is 0 Å². The molecule has 0 aromatic rings. The van der Waals surface area contributed by atoms with E-state index in [9.17, 15) is 17.6 Å². The number of alkyl halides is 4. The van der Waals surface area contributed by atoms with Gasteiger partial charge in [0.2, 0.25) is 0 Å². The van der Waals surface area contributed by atoms with E-state index in [1.54, 1.807) is 0 Å². The summed E-state index contributed by atoms with van der Waals surface area (Å²) in [5.41, 5.74) is 5.12. The van der Waals surface area contributed by atoms with Gasteiger partial charge in [0.1, 0.15) is 0 Å². The van der Waals surface area contributed by atoms with Gasteiger partial charge in [-0.05, 0) is 13.3 Å². The molecule has 0 aliphatic heterocycles. The molecule has 0 spiro atoms. The Kier molecular flexibility index (Phi) is 3.78. The number of rotatable bonds is 4. The molecule has 0 saturated heterocycles. The summed E-state index contributed by atoms with van der Waals surface area (Å²) in [4.78, 5) is 0. The fourth-order valence-electron chi connectivity index (χ4n) is 0.529. The molecule has 11 heavy (non-hydrogen) atoms. The molecule has 0 heterocycles. The molecule has 0 aromatic heterocycles. The summed E-state index contributed by atoms with van der Waals surface area (Å²) >= 11 is 0. The third-order valence-electron chi connectivity index (χ3n) is 1.25. The van der Waals surface area contributed by atoms with Crippen LogP contribution in [0.3, 0.4) is 0 Å². The predicted octanol–water partition coefficient (Wildman–Crippen LogP) is 2.01. The summed E-state index contributed by atoms with van der Waals surface area (Å²) in [7, 11) is 0. The summed E-state index contributed by atoms with van der Waals surface area (Å²) in [5, 5.41) is 0. The molecule has 0 rings (SSSR count). The normalized spacial score (nSPS) is 15.5. The van der Waals surface area contributed by atoms with E-state index in [-0.39, 0.29) is 6.42 Å². The molecular formula is C6H11F4N. The highest BCUT2D eigenvalue weighted by molar-refractivity contribution is 4.70. The first-order valence-corrected chi connectivity index (χ1v) is 3.28. The molecule has 0 aliphatic carbocycles. The second-order valence-corrected chi connectivity index (χ2v) is 2.58. The second kappa shape index (κ2) is 3.90. The third kappa shape index (κ3) is 4.19. The van der Waals surface area contributed by atoms with Gasteiger partial charge in [-0.3, -0.25) is 0 Å². The van der Waals surface area contributed by atoms with Crippen molar-refractivity contribution in [3.05, 3.63) is 0 Å². The van der Waals surface area contributed by atoms with Crippen LogP contribution in [-0.4, -0.2) is 18.4 Å². The van der Waals surface area contributed by atoms with Gasteiger partial charge in [0.05, 0.1) is 0 Å². The molecular weight excluding hydrogens is 162 g/mol. The van der Waals surface area contributed by atoms with Gasteiger partial charge < -0.3 is 5.73 Å². The number of hydrogen-bond acceptors (Lipinski definition) is 1. The van der Waals surface area contributed by atoms with Crippen LogP contribution in [0.2, 0.25) is 0 Å². The maximum atomic E-state index is 12.1. The lowest BCUT2D eigenvalue weighted by atomic mass is 10.1. The standard InChI is InChI=1S/C6H11F4N/c1-4(11)2-3-6(9,10)5(7)8/h4-5H,2-3,11H2,1H3. The maximum Gasteiger partial charge on any atom is 0.307 e. The summed E-state index contributed by atoms with van der Waals surface area (Å²) < 4.78 is 47.1. The number of hydrogen-bond donors (Lipinski definition) is 1. The minimum atomic E-state index is -3.88. The van der Waals surface area contributed by atoms with Crippen LogP contribution < -0.4 is 5.73 Å². The molecule has 1 unspecified atom stereocenters. The molecule has 2 N–H and O–H groups in total. The zero-order valence-corrected chi connectivity index (χ0v) is 6.16. The van der Waals surface area contributed by atoms with Crippen molar-refractivity contribution in [1.29, 1.82) is 0 Å². The zero-order valence-electron chi connectivity index (χ0n) is 6.16. The SMILES string of the molecule is CC(N)CCC(F)(F)C(F)F. The van der Waals surface area contributed by atoms with E-state index in [2.05, 4.69) is 0 Å². The van der Waals surface area contributed by atoms with Gasteiger partial charge in [-0.2, -0.15) is 0 Å². The van der Waals surface area contributed by atoms with E-state index in [0.29, 0.717) is 0 Å². The fraction of sp³-hybridized carbons (Fsp3) is 1.00. The van der Waals surface area contributed by atoms with Crippen LogP contribution in [-0.2, 0) is 0 Å². The second-order valence-electron chi connectivity index (χ2n) is 2.58. The lowest BCUT2D eigenvalue weighted by Gasteiger charge is -2.15. The van der Waals surface area contributed by atoms with Crippen molar-refractivity contribution in [2.45, 2.75) is 38.2 Å². The van der Waals surface area contributed by atoms with E-state index in [4.69, 9.17) is 5.73 Å². The lowest BCUT2D eigenvalue weighted by Crippen LogP contribution is -2.29. The molecule has 0 amide bonds. The third-order valence-corrected chi connectivity index (χ3v) is 1.25. The minimum Gasteiger partial charge on any atom is -0.328 e. The Labute approximate surface area is 62.6 Å². The lowest BCUT2D eigenvalue weighted by molar-refractivity contribution is -0.134. The molecule has 0 bridgehead atoms. The van der Waals surface area contributed by atoms with Gasteiger partial charge in [-0.1, -0.05) is 0 Å². The summed E-state index contributed by atoms with van der Waals surface area (Å²) in [5.74, 6) is -3.88. The van der Waals surface area contributed by atoms with Crippen LogP contribution in [0.15, 0.2) is 0 Å². The van der Waals surface area contributed by atoms with E-state index in [0.717, 1.165) is 0 Å². The van der Waals surface area contributed by atoms with Crippen LogP contribution in [0.4, 0.5) is 17.6 Å². The smallest absolute Gasteiger partial charge is 0.307 e. The highest BCUT2D eigenvalue weighted by Crippen LogP contribution is 2.28. The van der Waals surface area contributed by atoms with Crippen molar-refractivity contribution in [2.24, 2.45) is 5.73 Å². The average Bonchev–Trinajstić information content (AvgIpc) is 1.84. The molecule has 0 aliphatic rings. The quantitative estimate of drug-likeness (QED) is 0.646. The van der Waals surface area contributed by atoms with E-state index >= 15 is 0 Å². The maximum absolute atomic E-state index is 12.1. The van der Waals surface area contributed by atoms with Crippen LogP contribution in [0, 0.1) is 0 Å². The van der Waals surface area contributed by atoms with E-state index in [1.807, 2.05) is 0 Å². The zero-order chi connectivity index (χ0) is 9.07. The van der Waals surface area contributed by atoms with Gasteiger partial charge in [-0.25, -0.2) is 17.6 Å². The first kappa shape index (κ1) is 10.7. The van der Waals surface area contributed by atoms with Gasteiger partial charge in [0.15, 0.2) is 0 Å². The van der Waals surface area contributed by atoms with Crippen molar-refractivity contribution in [1.82, 2.24) is 0 Å². The van der Waals surface area contributed by atoms with Crippen molar-refractivity contribution in [2.75, 3.05) is 0 Å². The van der Waals surface area contributed by atoms with Crippen LogP contribution >= 0.6 is 0 Å². The summed E-state index contributed by atoms with van der Waals surface area (Å²) in [6.45, 7) is 1.50. The Hall–Kier alpha value is -0.320. The van der Waals surface area contributed by atoms with Crippen molar-refractivity contribution >= 4 is 0 Å². The Morgan fingerprint density at radius 2 is 1.82 bits per heavy atom. The van der Waals surface area contributed by atoms with Crippen LogP contribution in [0.1, 0.15) is 19.8 Å². The van der Waals surface area contributed by atoms with Crippen LogP contribution in [0.25, 0.3) is 0 Å². The Morgan fingerprint density at radius 3 is 2.09 bits per heavy atom. The average molecular weight is 173 g/mol. The van der Waals surface area contributed by atoms with Gasteiger partial charge in [0, 0.05) is 12.5 Å². The molecule has 68 valence electrons. The van der Waals surface area contributed by atoms with Gasteiger partial charge >= 0.3 is 12.3 Å². The minimum absolute atomic E-state index is 0.0860. The number of halogens is 4. The highest BCUT2D eigenvalue weighted by Gasteiger charge is 2.39. The molecule has 1 nitrogen and oxygen atoms in total. The van der Waals surface area contributed by atoms with Crippen molar-refractivity contribution < 1.29 is 17.6 Å².